The number of ether oxygens (including phenoxy) is 1. The molecular weight excluding hydrogens is 360 g/mol. The minimum absolute atomic E-state index is 0.00670. The van der Waals surface area contributed by atoms with Crippen molar-refractivity contribution in [3.8, 4) is 0 Å². The first kappa shape index (κ1) is 21.9. The van der Waals surface area contributed by atoms with E-state index >= 15 is 0 Å². The van der Waals surface area contributed by atoms with Gasteiger partial charge in [0, 0.05) is 19.3 Å². The van der Waals surface area contributed by atoms with Crippen LogP contribution >= 0.6 is 12.2 Å². The summed E-state index contributed by atoms with van der Waals surface area (Å²) in [7, 11) is 4.03. The molecule has 0 aliphatic carbocycles. The summed E-state index contributed by atoms with van der Waals surface area (Å²) in [5, 5.41) is 18.1. The van der Waals surface area contributed by atoms with Crippen LogP contribution in [0.2, 0.25) is 0 Å². The largest absolute Gasteiger partial charge is 0.473 e. The summed E-state index contributed by atoms with van der Waals surface area (Å²) < 4.78 is 5.34. The lowest BCUT2D eigenvalue weighted by Gasteiger charge is -2.30. The van der Waals surface area contributed by atoms with Crippen molar-refractivity contribution in [3.05, 3.63) is 30.1 Å². The van der Waals surface area contributed by atoms with Gasteiger partial charge in [-0.05, 0) is 26.2 Å². The van der Waals surface area contributed by atoms with Crippen LogP contribution < -0.4 is 5.32 Å². The average Bonchev–Trinajstić information content (AvgIpc) is 2.62. The predicted molar refractivity (Wildman–Crippen MR) is 98.9 cm³/mol. The number of rotatable bonds is 5. The molecule has 0 radical (unpaired) electrons. The van der Waals surface area contributed by atoms with E-state index in [1.165, 1.54) is 0 Å². The maximum Gasteiger partial charge on any atom is 0.414 e. The molecule has 9 nitrogen and oxygen atoms in total. The van der Waals surface area contributed by atoms with E-state index < -0.39 is 11.9 Å². The SMILES string of the molecule is CN(C)C(C(=S)NCN1CCOCC1)c1ccccn1.O=C(O)C(=O)O. The van der Waals surface area contributed by atoms with E-state index in [0.717, 1.165) is 43.7 Å². The van der Waals surface area contributed by atoms with Crippen molar-refractivity contribution in [3.63, 3.8) is 0 Å². The highest BCUT2D eigenvalue weighted by atomic mass is 32.1. The van der Waals surface area contributed by atoms with Crippen molar-refractivity contribution >= 4 is 29.1 Å². The van der Waals surface area contributed by atoms with Gasteiger partial charge in [-0.15, -0.1) is 0 Å². The molecule has 1 atom stereocenters. The highest BCUT2D eigenvalue weighted by Gasteiger charge is 2.21. The number of hydrogen-bond acceptors (Lipinski definition) is 7. The van der Waals surface area contributed by atoms with E-state index in [2.05, 4.69) is 20.1 Å². The fraction of sp³-hybridized carbons (Fsp3) is 0.500. The van der Waals surface area contributed by atoms with Crippen molar-refractivity contribution < 1.29 is 24.5 Å². The number of aromatic nitrogens is 1. The van der Waals surface area contributed by atoms with Gasteiger partial charge in [0.25, 0.3) is 0 Å². The monoisotopic (exact) mass is 384 g/mol. The Morgan fingerprint density at radius 2 is 1.92 bits per heavy atom. The molecule has 2 heterocycles. The number of nitrogens with zero attached hydrogens (tertiary/aromatic N) is 3. The molecule has 1 aromatic heterocycles. The molecule has 1 aromatic rings. The summed E-state index contributed by atoms with van der Waals surface area (Å²) in [5.74, 6) is -3.65. The zero-order chi connectivity index (χ0) is 19.5. The molecule has 0 bridgehead atoms. The zero-order valence-corrected chi connectivity index (χ0v) is 15.6. The van der Waals surface area contributed by atoms with E-state index in [4.69, 9.17) is 36.8 Å². The van der Waals surface area contributed by atoms with Gasteiger partial charge in [0.15, 0.2) is 0 Å². The molecule has 10 heteroatoms. The number of carboxylic acid groups (broad SMARTS) is 2. The molecule has 0 saturated carbocycles. The second kappa shape index (κ2) is 11.5. The van der Waals surface area contributed by atoms with Crippen molar-refractivity contribution in [2.75, 3.05) is 47.1 Å². The van der Waals surface area contributed by atoms with Crippen LogP contribution in [0.25, 0.3) is 0 Å². The molecule has 2 rings (SSSR count). The summed E-state index contributed by atoms with van der Waals surface area (Å²) in [6.07, 6.45) is 1.80. The highest BCUT2D eigenvalue weighted by molar-refractivity contribution is 7.80. The Labute approximate surface area is 157 Å². The minimum atomic E-state index is -1.82. The summed E-state index contributed by atoms with van der Waals surface area (Å²) in [6.45, 7) is 4.26. The molecule has 26 heavy (non-hydrogen) atoms. The van der Waals surface area contributed by atoms with E-state index in [0.29, 0.717) is 0 Å². The van der Waals surface area contributed by atoms with Crippen LogP contribution in [-0.2, 0) is 14.3 Å². The number of carbonyl (C=O) groups is 2. The molecule has 1 unspecified atom stereocenters. The van der Waals surface area contributed by atoms with Gasteiger partial charge in [0.1, 0.15) is 6.04 Å². The molecule has 3 N–H and O–H groups in total. The average molecular weight is 384 g/mol. The third-order valence-electron chi connectivity index (χ3n) is 3.50. The number of morpholine rings is 1. The van der Waals surface area contributed by atoms with Gasteiger partial charge in [0.05, 0.1) is 30.6 Å². The van der Waals surface area contributed by atoms with Gasteiger partial charge in [-0.25, -0.2) is 9.59 Å². The third kappa shape index (κ3) is 7.83. The summed E-state index contributed by atoms with van der Waals surface area (Å²) in [6, 6.07) is 5.92. The fourth-order valence-electron chi connectivity index (χ4n) is 2.22. The summed E-state index contributed by atoms with van der Waals surface area (Å²) >= 11 is 5.55. The lowest BCUT2D eigenvalue weighted by Crippen LogP contribution is -2.46. The Morgan fingerprint density at radius 1 is 1.31 bits per heavy atom. The standard InChI is InChI=1S/C14H22N4OS.C2H2O4/c1-17(2)13(12-5-3-4-6-15-12)14(20)16-11-18-7-9-19-10-8-18;3-1(4)2(5)6/h3-6,13H,7-11H2,1-2H3,(H,16,20);(H,3,4)(H,5,6). The van der Waals surface area contributed by atoms with E-state index in [1.54, 1.807) is 6.20 Å². The molecular formula is C16H24N4O5S. The number of thiocarbonyl (C=S) groups is 1. The highest BCUT2D eigenvalue weighted by Crippen LogP contribution is 2.16. The summed E-state index contributed by atoms with van der Waals surface area (Å²) in [5.41, 5.74) is 0.969. The van der Waals surface area contributed by atoms with E-state index in [9.17, 15) is 0 Å². The van der Waals surface area contributed by atoms with E-state index in [1.807, 2.05) is 32.3 Å². The second-order valence-electron chi connectivity index (χ2n) is 5.66. The third-order valence-corrected chi connectivity index (χ3v) is 3.86. The van der Waals surface area contributed by atoms with Crippen molar-refractivity contribution in [1.82, 2.24) is 20.1 Å². The van der Waals surface area contributed by atoms with Crippen LogP contribution in [0.1, 0.15) is 11.7 Å². The lowest BCUT2D eigenvalue weighted by molar-refractivity contribution is -0.159. The first-order chi connectivity index (χ1) is 12.3. The van der Waals surface area contributed by atoms with Gasteiger partial charge in [-0.3, -0.25) is 14.8 Å². The van der Waals surface area contributed by atoms with Crippen LogP contribution in [0.4, 0.5) is 0 Å². The fourth-order valence-corrected chi connectivity index (χ4v) is 2.61. The first-order valence-electron chi connectivity index (χ1n) is 7.94. The smallest absolute Gasteiger partial charge is 0.414 e. The minimum Gasteiger partial charge on any atom is -0.473 e. The van der Waals surface area contributed by atoms with Crippen molar-refractivity contribution in [2.24, 2.45) is 0 Å². The molecule has 0 spiro atoms. The van der Waals surface area contributed by atoms with Crippen LogP contribution in [-0.4, -0.2) is 89.0 Å². The Kier molecular flexibility index (Phi) is 9.66. The number of likely N-dealkylation sites (N-methyl/N-ethyl adjacent to an activating group) is 1. The van der Waals surface area contributed by atoms with Crippen LogP contribution in [0.15, 0.2) is 24.4 Å². The maximum atomic E-state index is 9.10. The Balaban J connectivity index is 0.000000487. The number of aliphatic carboxylic acids is 2. The number of carboxylic acids is 2. The Morgan fingerprint density at radius 3 is 2.38 bits per heavy atom. The van der Waals surface area contributed by atoms with Crippen molar-refractivity contribution in [2.45, 2.75) is 6.04 Å². The normalized spacial score (nSPS) is 15.5. The Hall–Kier alpha value is -2.14. The number of pyridine rings is 1. The van der Waals surface area contributed by atoms with Crippen molar-refractivity contribution in [1.29, 1.82) is 0 Å². The molecule has 1 fully saturated rings. The molecule has 0 aromatic carbocycles. The van der Waals surface area contributed by atoms with E-state index in [-0.39, 0.29) is 6.04 Å². The van der Waals surface area contributed by atoms with Gasteiger partial charge in [0.2, 0.25) is 0 Å². The van der Waals surface area contributed by atoms with Gasteiger partial charge >= 0.3 is 11.9 Å². The van der Waals surface area contributed by atoms with Gasteiger partial charge in [-0.1, -0.05) is 18.3 Å². The number of nitrogens with one attached hydrogen (secondary N) is 1. The topological polar surface area (TPSA) is 115 Å². The maximum absolute atomic E-state index is 9.10. The lowest BCUT2D eigenvalue weighted by atomic mass is 10.1. The molecule has 144 valence electrons. The van der Waals surface area contributed by atoms with Crippen LogP contribution in [0.5, 0.6) is 0 Å². The van der Waals surface area contributed by atoms with Gasteiger partial charge < -0.3 is 20.3 Å². The van der Waals surface area contributed by atoms with Crippen LogP contribution in [0.3, 0.4) is 0 Å². The summed E-state index contributed by atoms with van der Waals surface area (Å²) in [4.78, 5) is 27.8. The molecule has 1 aliphatic heterocycles. The molecule has 0 amide bonds. The quantitative estimate of drug-likeness (QED) is 0.475. The molecule has 1 saturated heterocycles. The van der Waals surface area contributed by atoms with Gasteiger partial charge in [-0.2, -0.15) is 0 Å². The molecule has 1 aliphatic rings. The van der Waals surface area contributed by atoms with Crippen LogP contribution in [0, 0.1) is 0 Å². The zero-order valence-electron chi connectivity index (χ0n) is 14.8. The number of hydrogen-bond donors (Lipinski definition) is 3. The first-order valence-corrected chi connectivity index (χ1v) is 8.35. The predicted octanol–water partition coefficient (Wildman–Crippen LogP) is 0.0466. The Bertz CT molecular complexity index is 582. The second-order valence-corrected chi connectivity index (χ2v) is 6.10.